The maximum atomic E-state index is 13.0. The fourth-order valence-corrected chi connectivity index (χ4v) is 4.92. The number of likely N-dealkylation sites (tertiary alicyclic amines) is 1. The highest BCUT2D eigenvalue weighted by Crippen LogP contribution is 2.48. The van der Waals surface area contributed by atoms with Crippen molar-refractivity contribution in [2.45, 2.75) is 44.7 Å². The highest BCUT2D eigenvalue weighted by molar-refractivity contribution is 5.80. The van der Waals surface area contributed by atoms with Gasteiger partial charge in [0, 0.05) is 25.7 Å². The van der Waals surface area contributed by atoms with Gasteiger partial charge in [-0.05, 0) is 49.9 Å². The van der Waals surface area contributed by atoms with E-state index in [0.29, 0.717) is 23.7 Å². The summed E-state index contributed by atoms with van der Waals surface area (Å²) in [4.78, 5) is 19.0. The molecule has 0 aromatic carbocycles. The van der Waals surface area contributed by atoms with E-state index in [-0.39, 0.29) is 12.0 Å². The molecule has 2 heterocycles. The van der Waals surface area contributed by atoms with Gasteiger partial charge in [-0.25, -0.2) is 4.98 Å². The third-order valence-electron chi connectivity index (χ3n) is 6.01. The number of hydrogen-bond acceptors (Lipinski definition) is 4. The molecule has 1 amide bonds. The Balaban J connectivity index is 1.40. The van der Waals surface area contributed by atoms with Crippen LogP contribution in [0.5, 0.6) is 0 Å². The Hall–Kier alpha value is -1.43. The molecular weight excluding hydrogens is 278 g/mol. The minimum Gasteiger partial charge on any atom is -0.342 e. The second-order valence-electron chi connectivity index (χ2n) is 7.35. The van der Waals surface area contributed by atoms with Crippen LogP contribution in [-0.4, -0.2) is 44.7 Å². The molecule has 6 heteroatoms. The van der Waals surface area contributed by atoms with E-state index in [1.165, 1.54) is 19.3 Å². The van der Waals surface area contributed by atoms with Crippen LogP contribution in [-0.2, 0) is 11.3 Å². The van der Waals surface area contributed by atoms with Crippen molar-refractivity contribution in [2.75, 3.05) is 13.1 Å². The lowest BCUT2D eigenvalue weighted by atomic mass is 9.83. The molecule has 0 spiro atoms. The van der Waals surface area contributed by atoms with Gasteiger partial charge in [-0.1, -0.05) is 0 Å². The molecule has 6 nitrogen and oxygen atoms in total. The van der Waals surface area contributed by atoms with Crippen molar-refractivity contribution >= 4 is 5.91 Å². The van der Waals surface area contributed by atoms with E-state index >= 15 is 0 Å². The van der Waals surface area contributed by atoms with Crippen molar-refractivity contribution in [1.82, 2.24) is 19.7 Å². The predicted molar refractivity (Wildman–Crippen MR) is 81.6 cm³/mol. The third kappa shape index (κ3) is 2.43. The van der Waals surface area contributed by atoms with E-state index in [1.807, 2.05) is 4.68 Å². The lowest BCUT2D eigenvalue weighted by molar-refractivity contribution is -0.139. The summed E-state index contributed by atoms with van der Waals surface area (Å²) in [5.41, 5.74) is 6.35. The van der Waals surface area contributed by atoms with Crippen LogP contribution in [0.2, 0.25) is 0 Å². The molecule has 2 saturated carbocycles. The van der Waals surface area contributed by atoms with Crippen LogP contribution < -0.4 is 5.73 Å². The zero-order valence-corrected chi connectivity index (χ0v) is 13.0. The van der Waals surface area contributed by atoms with Crippen molar-refractivity contribution in [3.63, 3.8) is 0 Å². The molecule has 2 aliphatic carbocycles. The van der Waals surface area contributed by atoms with E-state index in [4.69, 9.17) is 5.73 Å². The molecule has 4 rings (SSSR count). The highest BCUT2D eigenvalue weighted by Gasteiger charge is 2.50. The van der Waals surface area contributed by atoms with Gasteiger partial charge in [-0.2, -0.15) is 5.10 Å². The highest BCUT2D eigenvalue weighted by atomic mass is 16.2. The number of hydrogen-bond donors (Lipinski definition) is 1. The molecule has 2 bridgehead atoms. The number of nitrogens with zero attached hydrogens (tertiary/aromatic N) is 4. The fraction of sp³-hybridized carbons (Fsp3) is 0.812. The molecule has 1 aromatic heterocycles. The fourth-order valence-electron chi connectivity index (χ4n) is 4.92. The normalized spacial score (nSPS) is 37.7. The first-order chi connectivity index (χ1) is 10.7. The van der Waals surface area contributed by atoms with Crippen molar-refractivity contribution in [1.29, 1.82) is 0 Å². The van der Waals surface area contributed by atoms with Crippen molar-refractivity contribution in [3.8, 4) is 0 Å². The van der Waals surface area contributed by atoms with Crippen LogP contribution in [0, 0.1) is 23.7 Å². The standard InChI is InChI=1S/C16H25N5O/c17-15-13-4-3-12(6-13)14(15)16(22)20-5-1-2-11(7-20)8-21-10-18-9-19-21/h9-15H,1-8,17H2. The summed E-state index contributed by atoms with van der Waals surface area (Å²) in [7, 11) is 0. The van der Waals surface area contributed by atoms with Gasteiger partial charge in [0.15, 0.2) is 0 Å². The second-order valence-corrected chi connectivity index (χ2v) is 7.35. The summed E-state index contributed by atoms with van der Waals surface area (Å²) >= 11 is 0. The predicted octanol–water partition coefficient (Wildman–Crippen LogP) is 0.890. The van der Waals surface area contributed by atoms with Crippen LogP contribution in [0.15, 0.2) is 12.7 Å². The first kappa shape index (κ1) is 14.2. The van der Waals surface area contributed by atoms with Gasteiger partial charge < -0.3 is 10.6 Å². The van der Waals surface area contributed by atoms with Gasteiger partial charge in [0.2, 0.25) is 5.91 Å². The van der Waals surface area contributed by atoms with Crippen molar-refractivity contribution in [3.05, 3.63) is 12.7 Å². The number of carbonyl (C=O) groups is 1. The molecule has 1 aromatic rings. The summed E-state index contributed by atoms with van der Waals surface area (Å²) in [6.07, 6.45) is 9.17. The summed E-state index contributed by atoms with van der Waals surface area (Å²) in [6, 6.07) is 0.0990. The Bertz CT molecular complexity index is 529. The number of carbonyl (C=O) groups excluding carboxylic acids is 1. The van der Waals surface area contributed by atoms with Crippen molar-refractivity contribution < 1.29 is 4.79 Å². The van der Waals surface area contributed by atoms with E-state index in [1.54, 1.807) is 12.7 Å². The maximum absolute atomic E-state index is 13.0. The number of rotatable bonds is 3. The van der Waals surface area contributed by atoms with E-state index in [0.717, 1.165) is 32.5 Å². The molecule has 1 aliphatic heterocycles. The molecule has 3 aliphatic rings. The Labute approximate surface area is 131 Å². The first-order valence-electron chi connectivity index (χ1n) is 8.59. The minimum absolute atomic E-state index is 0.0869. The Morgan fingerprint density at radius 2 is 2.14 bits per heavy atom. The molecule has 5 unspecified atom stereocenters. The largest absolute Gasteiger partial charge is 0.342 e. The Kier molecular flexibility index (Phi) is 3.64. The zero-order valence-electron chi connectivity index (χ0n) is 13.0. The molecule has 1 saturated heterocycles. The number of piperidine rings is 1. The van der Waals surface area contributed by atoms with Crippen LogP contribution in [0.3, 0.4) is 0 Å². The molecule has 5 atom stereocenters. The third-order valence-corrected chi connectivity index (χ3v) is 6.01. The van der Waals surface area contributed by atoms with Gasteiger partial charge in [0.1, 0.15) is 12.7 Å². The monoisotopic (exact) mass is 303 g/mol. The summed E-state index contributed by atoms with van der Waals surface area (Å²) in [5.74, 6) is 2.03. The molecule has 3 fully saturated rings. The Morgan fingerprint density at radius 3 is 2.86 bits per heavy atom. The van der Waals surface area contributed by atoms with Gasteiger partial charge in [0.25, 0.3) is 0 Å². The molecular formula is C16H25N5O. The topological polar surface area (TPSA) is 77.0 Å². The Morgan fingerprint density at radius 1 is 1.27 bits per heavy atom. The lowest BCUT2D eigenvalue weighted by Crippen LogP contribution is -2.50. The van der Waals surface area contributed by atoms with Gasteiger partial charge >= 0.3 is 0 Å². The van der Waals surface area contributed by atoms with E-state index in [9.17, 15) is 4.79 Å². The summed E-state index contributed by atoms with van der Waals surface area (Å²) in [5, 5.41) is 4.18. The first-order valence-corrected chi connectivity index (χ1v) is 8.59. The van der Waals surface area contributed by atoms with Crippen LogP contribution in [0.1, 0.15) is 32.1 Å². The molecule has 120 valence electrons. The lowest BCUT2D eigenvalue weighted by Gasteiger charge is -2.37. The van der Waals surface area contributed by atoms with Gasteiger partial charge in [-0.15, -0.1) is 0 Å². The van der Waals surface area contributed by atoms with Crippen LogP contribution in [0.4, 0.5) is 0 Å². The van der Waals surface area contributed by atoms with E-state index in [2.05, 4.69) is 15.0 Å². The average Bonchev–Trinajstić information content (AvgIpc) is 3.24. The molecule has 2 N–H and O–H groups in total. The minimum atomic E-state index is 0.0869. The van der Waals surface area contributed by atoms with Gasteiger partial charge in [-0.3, -0.25) is 9.48 Å². The smallest absolute Gasteiger partial charge is 0.227 e. The summed E-state index contributed by atoms with van der Waals surface area (Å²) < 4.78 is 1.88. The quantitative estimate of drug-likeness (QED) is 0.899. The average molecular weight is 303 g/mol. The number of amides is 1. The van der Waals surface area contributed by atoms with Crippen molar-refractivity contribution in [2.24, 2.45) is 29.4 Å². The number of fused-ring (bicyclic) bond motifs is 2. The maximum Gasteiger partial charge on any atom is 0.227 e. The van der Waals surface area contributed by atoms with Crippen LogP contribution >= 0.6 is 0 Å². The number of nitrogens with two attached hydrogens (primary N) is 1. The SMILES string of the molecule is NC1C2CCC(C2)C1C(=O)N1CCCC(Cn2cncn2)C1. The summed E-state index contributed by atoms with van der Waals surface area (Å²) in [6.45, 7) is 2.60. The van der Waals surface area contributed by atoms with Gasteiger partial charge in [0.05, 0.1) is 5.92 Å². The van der Waals surface area contributed by atoms with E-state index < -0.39 is 0 Å². The van der Waals surface area contributed by atoms with Crippen LogP contribution in [0.25, 0.3) is 0 Å². The second kappa shape index (κ2) is 5.65. The molecule has 0 radical (unpaired) electrons. The molecule has 22 heavy (non-hydrogen) atoms. The number of aromatic nitrogens is 3. The zero-order chi connectivity index (χ0) is 15.1.